The lowest BCUT2D eigenvalue weighted by Crippen LogP contribution is -1.96. The third-order valence-corrected chi connectivity index (χ3v) is 1.16. The molecular weight excluding hydrogens is 106 g/mol. The van der Waals surface area contributed by atoms with Crippen LogP contribution in [0, 0.1) is 0 Å². The van der Waals surface area contributed by atoms with Crippen LogP contribution < -0.4 is 4.72 Å². The van der Waals surface area contributed by atoms with Crippen molar-refractivity contribution in [1.29, 1.82) is 0 Å². The third-order valence-electron chi connectivity index (χ3n) is 0.387. The molecule has 1 N–H and O–H groups in total. The van der Waals surface area contributed by atoms with Gasteiger partial charge in [-0.2, -0.15) is 0 Å². The highest BCUT2D eigenvalue weighted by Gasteiger charge is 1.86. The second-order valence-corrected chi connectivity index (χ2v) is 2.90. The average molecular weight is 117 g/mol. The molecule has 0 amide bonds. The molecule has 1 nitrogen and oxygen atoms in total. The lowest BCUT2D eigenvalue weighted by Gasteiger charge is -1.99. The van der Waals surface area contributed by atoms with Crippen LogP contribution in [-0.4, -0.2) is 5.25 Å². The summed E-state index contributed by atoms with van der Waals surface area (Å²) in [7, 11) is 0. The minimum Gasteiger partial charge on any atom is -0.337 e. The standard InChI is InChI=1S/C5H11NS/c1-4-6-7-5(2)3/h4-6H,1H2,2-3H3. The van der Waals surface area contributed by atoms with Gasteiger partial charge in [-0.05, 0) is 0 Å². The van der Waals surface area contributed by atoms with Crippen LogP contribution in [0.25, 0.3) is 0 Å². The monoisotopic (exact) mass is 117 g/mol. The summed E-state index contributed by atoms with van der Waals surface area (Å²) >= 11 is 1.66. The first kappa shape index (κ1) is 6.89. The van der Waals surface area contributed by atoms with Crippen LogP contribution in [0.2, 0.25) is 0 Å². The highest BCUT2D eigenvalue weighted by atomic mass is 32.2. The van der Waals surface area contributed by atoms with Gasteiger partial charge in [-0.15, -0.1) is 0 Å². The Kier molecular flexibility index (Phi) is 4.00. The van der Waals surface area contributed by atoms with E-state index < -0.39 is 0 Å². The van der Waals surface area contributed by atoms with Gasteiger partial charge in [0.15, 0.2) is 0 Å². The summed E-state index contributed by atoms with van der Waals surface area (Å²) in [6.07, 6.45) is 1.69. The molecule has 0 aliphatic rings. The SMILES string of the molecule is C=CNSC(C)C. The number of rotatable bonds is 3. The minimum absolute atomic E-state index is 0.637. The molecule has 0 rings (SSSR count). The molecule has 0 spiro atoms. The molecule has 42 valence electrons. The number of nitrogens with one attached hydrogen (secondary N) is 1. The predicted octanol–water partition coefficient (Wildman–Crippen LogP) is 1.78. The average Bonchev–Trinajstić information content (AvgIpc) is 1.61. The zero-order chi connectivity index (χ0) is 5.70. The summed E-state index contributed by atoms with van der Waals surface area (Å²) in [5, 5.41) is 0.637. The van der Waals surface area contributed by atoms with E-state index in [1.165, 1.54) is 0 Å². The molecule has 2 heteroatoms. The number of hydrogen-bond donors (Lipinski definition) is 1. The van der Waals surface area contributed by atoms with Gasteiger partial charge in [0.1, 0.15) is 0 Å². The fourth-order valence-electron chi connectivity index (χ4n) is 0.184. The van der Waals surface area contributed by atoms with Crippen molar-refractivity contribution in [3.63, 3.8) is 0 Å². The van der Waals surface area contributed by atoms with Crippen molar-refractivity contribution in [2.75, 3.05) is 0 Å². The summed E-state index contributed by atoms with van der Waals surface area (Å²) in [5.74, 6) is 0. The van der Waals surface area contributed by atoms with E-state index in [0.717, 1.165) is 0 Å². The molecule has 0 atom stereocenters. The molecular formula is C5H11NS. The first-order valence-electron chi connectivity index (χ1n) is 2.29. The maximum atomic E-state index is 3.50. The fourth-order valence-corrected chi connectivity index (χ4v) is 0.553. The predicted molar refractivity (Wildman–Crippen MR) is 36.1 cm³/mol. The van der Waals surface area contributed by atoms with E-state index in [4.69, 9.17) is 0 Å². The molecule has 0 saturated carbocycles. The second-order valence-electron chi connectivity index (χ2n) is 1.49. The van der Waals surface area contributed by atoms with Gasteiger partial charge in [0.25, 0.3) is 0 Å². The zero-order valence-corrected chi connectivity index (χ0v) is 5.59. The third kappa shape index (κ3) is 5.89. The molecule has 0 aliphatic heterocycles. The van der Waals surface area contributed by atoms with Crippen LogP contribution in [0.15, 0.2) is 12.8 Å². The Labute approximate surface area is 49.3 Å². The molecule has 0 saturated heterocycles. The molecule has 7 heavy (non-hydrogen) atoms. The first-order valence-corrected chi connectivity index (χ1v) is 3.17. The summed E-state index contributed by atoms with van der Waals surface area (Å²) in [4.78, 5) is 0. The Bertz CT molecular complexity index is 52.0. The Morgan fingerprint density at radius 2 is 2.29 bits per heavy atom. The topological polar surface area (TPSA) is 12.0 Å². The van der Waals surface area contributed by atoms with E-state index in [-0.39, 0.29) is 0 Å². The zero-order valence-electron chi connectivity index (χ0n) is 4.77. The lowest BCUT2D eigenvalue weighted by molar-refractivity contribution is 1.10. The van der Waals surface area contributed by atoms with Crippen LogP contribution >= 0.6 is 11.9 Å². The van der Waals surface area contributed by atoms with E-state index in [0.29, 0.717) is 5.25 Å². The van der Waals surface area contributed by atoms with Crippen molar-refractivity contribution < 1.29 is 0 Å². The van der Waals surface area contributed by atoms with E-state index in [1.54, 1.807) is 18.1 Å². The minimum atomic E-state index is 0.637. The molecule has 0 unspecified atom stereocenters. The van der Waals surface area contributed by atoms with E-state index in [9.17, 15) is 0 Å². The molecule has 0 fully saturated rings. The van der Waals surface area contributed by atoms with E-state index in [1.807, 2.05) is 0 Å². The fraction of sp³-hybridized carbons (Fsp3) is 0.600. The first-order chi connectivity index (χ1) is 3.27. The van der Waals surface area contributed by atoms with Crippen molar-refractivity contribution in [2.24, 2.45) is 0 Å². The Morgan fingerprint density at radius 1 is 1.71 bits per heavy atom. The van der Waals surface area contributed by atoms with Gasteiger partial charge in [-0.1, -0.05) is 32.4 Å². The summed E-state index contributed by atoms with van der Waals surface area (Å²) in [6.45, 7) is 7.75. The lowest BCUT2D eigenvalue weighted by atomic mass is 10.6. The van der Waals surface area contributed by atoms with Gasteiger partial charge in [0.2, 0.25) is 0 Å². The maximum absolute atomic E-state index is 3.50. The highest BCUT2D eigenvalue weighted by molar-refractivity contribution is 7.98. The smallest absolute Gasteiger partial charge is 0.0189 e. The summed E-state index contributed by atoms with van der Waals surface area (Å²) in [6, 6.07) is 0. The van der Waals surface area contributed by atoms with Crippen LogP contribution in [0.5, 0.6) is 0 Å². The van der Waals surface area contributed by atoms with Gasteiger partial charge >= 0.3 is 0 Å². The van der Waals surface area contributed by atoms with Crippen molar-refractivity contribution >= 4 is 11.9 Å². The molecule has 0 aromatic heterocycles. The van der Waals surface area contributed by atoms with Crippen LogP contribution in [0.4, 0.5) is 0 Å². The quantitative estimate of drug-likeness (QED) is 0.565. The van der Waals surface area contributed by atoms with Crippen LogP contribution in [0.3, 0.4) is 0 Å². The molecule has 0 aromatic rings. The molecule has 0 aromatic carbocycles. The van der Waals surface area contributed by atoms with Gasteiger partial charge in [-0.3, -0.25) is 0 Å². The van der Waals surface area contributed by atoms with E-state index >= 15 is 0 Å². The molecule has 0 radical (unpaired) electrons. The van der Waals surface area contributed by atoms with Crippen molar-refractivity contribution in [2.45, 2.75) is 19.1 Å². The van der Waals surface area contributed by atoms with Gasteiger partial charge in [0.05, 0.1) is 0 Å². The Hall–Kier alpha value is -0.110. The molecule has 0 heterocycles. The van der Waals surface area contributed by atoms with Crippen LogP contribution in [0.1, 0.15) is 13.8 Å². The Morgan fingerprint density at radius 3 is 2.43 bits per heavy atom. The Balaban J connectivity index is 2.81. The van der Waals surface area contributed by atoms with Gasteiger partial charge < -0.3 is 4.72 Å². The van der Waals surface area contributed by atoms with Crippen molar-refractivity contribution in [3.8, 4) is 0 Å². The largest absolute Gasteiger partial charge is 0.337 e. The number of hydrogen-bond acceptors (Lipinski definition) is 2. The second kappa shape index (κ2) is 4.06. The molecule has 0 bridgehead atoms. The van der Waals surface area contributed by atoms with Gasteiger partial charge in [0, 0.05) is 11.4 Å². The van der Waals surface area contributed by atoms with Gasteiger partial charge in [-0.25, -0.2) is 0 Å². The van der Waals surface area contributed by atoms with Crippen LogP contribution in [-0.2, 0) is 0 Å². The summed E-state index contributed by atoms with van der Waals surface area (Å²) in [5.41, 5.74) is 0. The molecule has 0 aliphatic carbocycles. The maximum Gasteiger partial charge on any atom is 0.0189 e. The van der Waals surface area contributed by atoms with Crippen molar-refractivity contribution in [1.82, 2.24) is 4.72 Å². The van der Waals surface area contributed by atoms with Crippen molar-refractivity contribution in [3.05, 3.63) is 12.8 Å². The van der Waals surface area contributed by atoms with E-state index in [2.05, 4.69) is 25.1 Å². The highest BCUT2D eigenvalue weighted by Crippen LogP contribution is 2.01. The normalized spacial score (nSPS) is 9.00. The summed E-state index contributed by atoms with van der Waals surface area (Å²) < 4.78 is 2.93.